The Morgan fingerprint density at radius 1 is 1.09 bits per heavy atom. The minimum Gasteiger partial charge on any atom is -0.496 e. The van der Waals surface area contributed by atoms with Gasteiger partial charge in [0.2, 0.25) is 0 Å². The third kappa shape index (κ3) is 5.36. The summed E-state index contributed by atoms with van der Waals surface area (Å²) in [6.45, 7) is 1.29. The number of alkyl halides is 3. The number of rotatable bonds is 8. The summed E-state index contributed by atoms with van der Waals surface area (Å²) in [7, 11) is 2.71. The lowest BCUT2D eigenvalue weighted by atomic mass is 9.78. The van der Waals surface area contributed by atoms with E-state index in [1.165, 1.54) is 57.8 Å². The van der Waals surface area contributed by atoms with Gasteiger partial charge in [-0.3, -0.25) is 4.98 Å². The van der Waals surface area contributed by atoms with E-state index in [9.17, 15) is 23.1 Å². The molecule has 2 atom stereocenters. The van der Waals surface area contributed by atoms with E-state index in [1.807, 2.05) is 0 Å². The Bertz CT molecular complexity index is 1190. The van der Waals surface area contributed by atoms with E-state index in [1.54, 1.807) is 12.1 Å². The molecule has 0 bridgehead atoms. The highest BCUT2D eigenvalue weighted by atomic mass is 35.5. The van der Waals surface area contributed by atoms with Crippen LogP contribution in [-0.2, 0) is 16.9 Å². The van der Waals surface area contributed by atoms with Crippen molar-refractivity contribution in [3.05, 3.63) is 88.2 Å². The van der Waals surface area contributed by atoms with Crippen LogP contribution in [0.2, 0.25) is 5.02 Å². The topological polar surface area (TPSA) is 77.9 Å². The van der Waals surface area contributed by atoms with Crippen LogP contribution in [0.25, 0.3) is 0 Å². The molecule has 0 aliphatic heterocycles. The average Bonchev–Trinajstić information content (AvgIpc) is 2.85. The maximum Gasteiger partial charge on any atom is 0.422 e. The number of hydrogen-bond donors (Lipinski definition) is 1. The fourth-order valence-corrected chi connectivity index (χ4v) is 4.04. The van der Waals surface area contributed by atoms with Gasteiger partial charge < -0.3 is 19.3 Å². The summed E-state index contributed by atoms with van der Waals surface area (Å²) in [6.07, 6.45) is -2.61. The van der Waals surface area contributed by atoms with Crippen molar-refractivity contribution in [2.24, 2.45) is 0 Å². The number of pyridine rings is 1. The van der Waals surface area contributed by atoms with Gasteiger partial charge in [0.15, 0.2) is 5.60 Å². The zero-order valence-corrected chi connectivity index (χ0v) is 19.9. The van der Waals surface area contributed by atoms with Crippen molar-refractivity contribution in [1.29, 1.82) is 0 Å². The lowest BCUT2D eigenvalue weighted by Crippen LogP contribution is -2.46. The van der Waals surface area contributed by atoms with Gasteiger partial charge in [0.25, 0.3) is 0 Å². The molecule has 35 heavy (non-hydrogen) atoms. The second kappa shape index (κ2) is 10.5. The smallest absolute Gasteiger partial charge is 0.422 e. The van der Waals surface area contributed by atoms with Gasteiger partial charge in [0.1, 0.15) is 18.1 Å². The molecule has 0 amide bonds. The Morgan fingerprint density at radius 2 is 1.77 bits per heavy atom. The summed E-state index contributed by atoms with van der Waals surface area (Å²) < 4.78 is 57.8. The van der Waals surface area contributed by atoms with E-state index in [0.29, 0.717) is 22.6 Å². The summed E-state index contributed by atoms with van der Waals surface area (Å²) in [6, 6.07) is 11.2. The first-order valence-electron chi connectivity index (χ1n) is 10.4. The number of nitrogens with zero attached hydrogens (tertiary/aromatic N) is 1. The molecule has 0 saturated heterocycles. The van der Waals surface area contributed by atoms with Crippen LogP contribution in [0.4, 0.5) is 13.2 Å². The van der Waals surface area contributed by atoms with E-state index < -0.39 is 23.7 Å². The monoisotopic (exact) mass is 509 g/mol. The Balaban J connectivity index is 1.84. The molecular formula is C25H23ClF3NO5. The zero-order chi connectivity index (χ0) is 25.8. The molecule has 1 heterocycles. The van der Waals surface area contributed by atoms with Crippen LogP contribution in [0, 0.1) is 0 Å². The Labute approximate surface area is 205 Å². The van der Waals surface area contributed by atoms with Gasteiger partial charge in [-0.2, -0.15) is 13.2 Å². The Kier molecular flexibility index (Phi) is 7.92. The lowest BCUT2D eigenvalue weighted by Gasteiger charge is -2.36. The van der Waals surface area contributed by atoms with Crippen LogP contribution in [0.1, 0.15) is 39.9 Å². The van der Waals surface area contributed by atoms with Crippen LogP contribution in [-0.4, -0.2) is 36.5 Å². The molecule has 6 nitrogen and oxygen atoms in total. The quantitative estimate of drug-likeness (QED) is 0.395. The predicted molar refractivity (Wildman–Crippen MR) is 123 cm³/mol. The third-order valence-corrected chi connectivity index (χ3v) is 6.05. The number of aliphatic hydroxyl groups is 1. The van der Waals surface area contributed by atoms with Crippen molar-refractivity contribution >= 4 is 17.6 Å². The molecule has 3 aromatic rings. The van der Waals surface area contributed by atoms with Crippen molar-refractivity contribution in [2.75, 3.05) is 14.2 Å². The van der Waals surface area contributed by atoms with Crippen molar-refractivity contribution in [3.63, 3.8) is 0 Å². The number of aromatic nitrogens is 1. The highest BCUT2D eigenvalue weighted by Crippen LogP contribution is 2.49. The molecule has 0 spiro atoms. The lowest BCUT2D eigenvalue weighted by molar-refractivity contribution is -0.274. The van der Waals surface area contributed by atoms with Gasteiger partial charge in [-0.05, 0) is 47.5 Å². The van der Waals surface area contributed by atoms with Crippen LogP contribution in [0.15, 0.2) is 60.9 Å². The molecule has 2 aromatic carbocycles. The first-order valence-corrected chi connectivity index (χ1v) is 10.8. The molecule has 0 aliphatic rings. The molecule has 1 N–H and O–H groups in total. The summed E-state index contributed by atoms with van der Waals surface area (Å²) in [4.78, 5) is 15.4. The van der Waals surface area contributed by atoms with Gasteiger partial charge >= 0.3 is 12.1 Å². The molecule has 0 fully saturated rings. The SMILES string of the molecule is COC(=O)c1ccc(COc2ccc(C(C)C(O)(c3ccncc3)C(F)(F)F)c(Cl)c2)c(OC)c1. The summed E-state index contributed by atoms with van der Waals surface area (Å²) in [5.41, 5.74) is -2.50. The van der Waals surface area contributed by atoms with E-state index in [-0.39, 0.29) is 22.8 Å². The van der Waals surface area contributed by atoms with Gasteiger partial charge in [0.05, 0.1) is 19.8 Å². The van der Waals surface area contributed by atoms with E-state index in [2.05, 4.69) is 9.72 Å². The average molecular weight is 510 g/mol. The fraction of sp³-hybridized carbons (Fsp3) is 0.280. The number of benzene rings is 2. The predicted octanol–water partition coefficient (Wildman–Crippen LogP) is 5.66. The molecule has 3 rings (SSSR count). The minimum atomic E-state index is -4.97. The van der Waals surface area contributed by atoms with Crippen LogP contribution in [0.3, 0.4) is 0 Å². The van der Waals surface area contributed by atoms with Crippen LogP contribution in [0.5, 0.6) is 11.5 Å². The molecular weight excluding hydrogens is 487 g/mol. The van der Waals surface area contributed by atoms with Gasteiger partial charge in [-0.1, -0.05) is 30.7 Å². The first-order chi connectivity index (χ1) is 16.5. The third-order valence-electron chi connectivity index (χ3n) is 5.72. The van der Waals surface area contributed by atoms with Crippen molar-refractivity contribution in [1.82, 2.24) is 4.98 Å². The number of carbonyl (C=O) groups excluding carboxylic acids is 1. The molecule has 0 aliphatic carbocycles. The van der Waals surface area contributed by atoms with Crippen LogP contribution < -0.4 is 9.47 Å². The number of ether oxygens (including phenoxy) is 3. The highest BCUT2D eigenvalue weighted by molar-refractivity contribution is 6.31. The minimum absolute atomic E-state index is 0.000245. The van der Waals surface area contributed by atoms with E-state index in [0.717, 1.165) is 12.1 Å². The number of methoxy groups -OCH3 is 2. The normalized spacial score (nSPS) is 14.1. The second-order valence-electron chi connectivity index (χ2n) is 7.71. The summed E-state index contributed by atoms with van der Waals surface area (Å²) in [5.74, 6) is -1.25. The number of esters is 1. The largest absolute Gasteiger partial charge is 0.496 e. The Morgan fingerprint density at radius 3 is 2.34 bits per heavy atom. The van der Waals surface area contributed by atoms with Crippen molar-refractivity contribution in [2.45, 2.75) is 31.2 Å². The number of carbonyl (C=O) groups is 1. The molecule has 2 unspecified atom stereocenters. The first kappa shape index (κ1) is 26.3. The molecule has 1 aromatic heterocycles. The zero-order valence-electron chi connectivity index (χ0n) is 19.1. The molecule has 0 saturated carbocycles. The van der Waals surface area contributed by atoms with Gasteiger partial charge in [0, 0.05) is 28.9 Å². The summed E-state index contributed by atoms with van der Waals surface area (Å²) in [5, 5.41) is 10.8. The fourth-order valence-electron chi connectivity index (χ4n) is 3.71. The highest BCUT2D eigenvalue weighted by Gasteiger charge is 2.58. The number of hydrogen-bond acceptors (Lipinski definition) is 6. The number of halogens is 4. The van der Waals surface area contributed by atoms with Crippen molar-refractivity contribution in [3.8, 4) is 11.5 Å². The second-order valence-corrected chi connectivity index (χ2v) is 8.12. The maximum absolute atomic E-state index is 14.0. The standard InChI is InChI=1S/C25H23ClF3NO5/c1-15(24(32,25(27,28)29)18-8-10-30-11-9-18)20-7-6-19(13-21(20)26)35-14-17-5-4-16(23(31)34-3)12-22(17)33-2/h4-13,15,32H,14H2,1-3H3. The van der Waals surface area contributed by atoms with Crippen molar-refractivity contribution < 1.29 is 37.3 Å². The van der Waals surface area contributed by atoms with Gasteiger partial charge in [-0.15, -0.1) is 0 Å². The maximum atomic E-state index is 14.0. The molecule has 186 valence electrons. The van der Waals surface area contributed by atoms with Crippen LogP contribution >= 0.6 is 11.6 Å². The molecule has 0 radical (unpaired) electrons. The molecule has 10 heteroatoms. The Hall–Kier alpha value is -3.30. The van der Waals surface area contributed by atoms with Gasteiger partial charge in [-0.25, -0.2) is 4.79 Å². The van der Waals surface area contributed by atoms with E-state index >= 15 is 0 Å². The van der Waals surface area contributed by atoms with E-state index in [4.69, 9.17) is 21.1 Å². The summed E-state index contributed by atoms with van der Waals surface area (Å²) >= 11 is 6.33.